The van der Waals surface area contributed by atoms with Crippen LogP contribution in [0.3, 0.4) is 0 Å². The lowest BCUT2D eigenvalue weighted by Crippen LogP contribution is -2.24. The maximum absolute atomic E-state index is 3.34. The quantitative estimate of drug-likeness (QED) is 0.515. The molecule has 0 amide bonds. The second kappa shape index (κ2) is 4.34. The Morgan fingerprint density at radius 1 is 1.43 bits per heavy atom. The average molecular weight is 117 g/mol. The normalized spacial score (nSPS) is 10.7. The first-order chi connectivity index (χ1) is 3.35. The zero-order chi connectivity index (χ0) is 5.70. The Hall–Kier alpha value is 0.177. The topological polar surface area (TPSA) is 12.0 Å². The highest BCUT2D eigenvalue weighted by atomic mass is 28.2. The molecule has 0 bridgehead atoms. The fraction of sp³-hybridized carbons (Fsp3) is 1.00. The van der Waals surface area contributed by atoms with E-state index in [0.717, 1.165) is 16.4 Å². The number of hydrogen-bond acceptors (Lipinski definition) is 1. The van der Waals surface area contributed by atoms with Gasteiger partial charge in [0.1, 0.15) is 0 Å². The second-order valence-corrected chi connectivity index (χ2v) is 2.38. The Kier molecular flexibility index (Phi) is 4.45. The molecule has 0 atom stereocenters. The number of rotatable bonds is 3. The van der Waals surface area contributed by atoms with Gasteiger partial charge < -0.3 is 4.98 Å². The average Bonchev–Trinajstić information content (AvgIpc) is 1.72. The van der Waals surface area contributed by atoms with Gasteiger partial charge in [-0.25, -0.2) is 0 Å². The Labute approximate surface area is 49.0 Å². The third kappa shape index (κ3) is 2.82. The van der Waals surface area contributed by atoms with Gasteiger partial charge in [0, 0.05) is 0 Å². The van der Waals surface area contributed by atoms with E-state index >= 15 is 0 Å². The molecule has 0 saturated heterocycles. The minimum Gasteiger partial charge on any atom is -0.343 e. The molecule has 1 N–H and O–H groups in total. The molecule has 0 fully saturated rings. The van der Waals surface area contributed by atoms with Crippen LogP contribution in [0.4, 0.5) is 0 Å². The molecule has 0 aromatic rings. The number of nitrogens with one attached hydrogen (secondary N) is 1. The van der Waals surface area contributed by atoms with Crippen molar-refractivity contribution in [3.05, 3.63) is 0 Å². The summed E-state index contributed by atoms with van der Waals surface area (Å²) in [4.78, 5) is 3.34. The summed E-state index contributed by atoms with van der Waals surface area (Å²) in [6, 6.07) is 0.798. The predicted octanol–water partition coefficient (Wildman–Crippen LogP) is 0.0450. The van der Waals surface area contributed by atoms with Gasteiger partial charge in [-0.05, 0) is 18.9 Å². The molecule has 0 aliphatic rings. The molecule has 0 aliphatic carbocycles. The zero-order valence-electron chi connectivity index (χ0n) is 5.49. The first kappa shape index (κ1) is 7.18. The molecule has 1 nitrogen and oxygen atoms in total. The minimum atomic E-state index is 0.798. The van der Waals surface area contributed by atoms with Crippen LogP contribution in [0.25, 0.3) is 0 Å². The standard InChI is InChI=1S/C5H15NSi/c1-3-5(4-2)6-7/h5-6H,3-4H2,1-2,7H3. The minimum absolute atomic E-state index is 0.798. The van der Waals surface area contributed by atoms with Crippen molar-refractivity contribution >= 4 is 10.4 Å². The lowest BCUT2D eigenvalue weighted by atomic mass is 10.2. The lowest BCUT2D eigenvalue weighted by Gasteiger charge is -2.08. The summed E-state index contributed by atoms with van der Waals surface area (Å²) in [6.45, 7) is 4.44. The molecular formula is C5H15NSi. The van der Waals surface area contributed by atoms with Gasteiger partial charge in [0.15, 0.2) is 0 Å². The third-order valence-corrected chi connectivity index (χ3v) is 2.21. The molecule has 0 heterocycles. The van der Waals surface area contributed by atoms with Crippen molar-refractivity contribution in [1.82, 2.24) is 4.98 Å². The van der Waals surface area contributed by atoms with Crippen LogP contribution in [0.2, 0.25) is 0 Å². The summed E-state index contributed by atoms with van der Waals surface area (Å²) in [7, 11) is 1.14. The van der Waals surface area contributed by atoms with E-state index in [1.807, 2.05) is 0 Å². The molecule has 2 heteroatoms. The van der Waals surface area contributed by atoms with Gasteiger partial charge in [-0.3, -0.25) is 0 Å². The van der Waals surface area contributed by atoms with Crippen molar-refractivity contribution in [3.8, 4) is 0 Å². The van der Waals surface area contributed by atoms with Crippen molar-refractivity contribution in [2.75, 3.05) is 0 Å². The van der Waals surface area contributed by atoms with Gasteiger partial charge in [0.25, 0.3) is 0 Å². The van der Waals surface area contributed by atoms with Crippen molar-refractivity contribution < 1.29 is 0 Å². The smallest absolute Gasteiger partial charge is 0.0752 e. The SMILES string of the molecule is CCC(CC)N[SiH3]. The van der Waals surface area contributed by atoms with E-state index in [9.17, 15) is 0 Å². The molecular weight excluding hydrogens is 102 g/mol. The number of hydrogen-bond donors (Lipinski definition) is 1. The first-order valence-corrected chi connectivity index (χ1v) is 4.02. The van der Waals surface area contributed by atoms with E-state index in [1.165, 1.54) is 12.8 Å². The van der Waals surface area contributed by atoms with Crippen LogP contribution in [-0.4, -0.2) is 16.4 Å². The monoisotopic (exact) mass is 117 g/mol. The van der Waals surface area contributed by atoms with Crippen LogP contribution in [0.1, 0.15) is 26.7 Å². The molecule has 0 aromatic carbocycles. The van der Waals surface area contributed by atoms with Crippen LogP contribution in [-0.2, 0) is 0 Å². The Balaban J connectivity index is 2.99. The Morgan fingerprint density at radius 3 is 1.86 bits per heavy atom. The zero-order valence-corrected chi connectivity index (χ0v) is 7.49. The molecule has 0 saturated carbocycles. The van der Waals surface area contributed by atoms with Crippen molar-refractivity contribution in [2.24, 2.45) is 0 Å². The highest BCUT2D eigenvalue weighted by Gasteiger charge is 1.94. The first-order valence-electron chi connectivity index (χ1n) is 3.02. The van der Waals surface area contributed by atoms with E-state index < -0.39 is 0 Å². The van der Waals surface area contributed by atoms with Gasteiger partial charge in [-0.1, -0.05) is 13.8 Å². The molecule has 0 aromatic heterocycles. The van der Waals surface area contributed by atoms with Crippen LogP contribution in [0.5, 0.6) is 0 Å². The molecule has 0 spiro atoms. The van der Waals surface area contributed by atoms with E-state index in [4.69, 9.17) is 0 Å². The van der Waals surface area contributed by atoms with Gasteiger partial charge >= 0.3 is 0 Å². The third-order valence-electron chi connectivity index (χ3n) is 1.39. The maximum atomic E-state index is 3.34. The van der Waals surface area contributed by atoms with Crippen molar-refractivity contribution in [3.63, 3.8) is 0 Å². The van der Waals surface area contributed by atoms with Crippen molar-refractivity contribution in [1.29, 1.82) is 0 Å². The molecule has 0 rings (SSSR count). The van der Waals surface area contributed by atoms with Gasteiger partial charge in [-0.2, -0.15) is 0 Å². The molecule has 0 radical (unpaired) electrons. The molecule has 44 valence electrons. The summed E-state index contributed by atoms with van der Waals surface area (Å²) in [5.74, 6) is 0. The van der Waals surface area contributed by atoms with Crippen LogP contribution < -0.4 is 4.98 Å². The van der Waals surface area contributed by atoms with E-state index in [0.29, 0.717) is 0 Å². The highest BCUT2D eigenvalue weighted by molar-refractivity contribution is 6.04. The highest BCUT2D eigenvalue weighted by Crippen LogP contribution is 1.92. The Bertz CT molecular complexity index is 29.6. The van der Waals surface area contributed by atoms with Crippen LogP contribution in [0.15, 0.2) is 0 Å². The molecule has 7 heavy (non-hydrogen) atoms. The predicted molar refractivity (Wildman–Crippen MR) is 37.4 cm³/mol. The Morgan fingerprint density at radius 2 is 1.86 bits per heavy atom. The van der Waals surface area contributed by atoms with Crippen LogP contribution in [0, 0.1) is 0 Å². The summed E-state index contributed by atoms with van der Waals surface area (Å²) >= 11 is 0. The van der Waals surface area contributed by atoms with E-state index in [-0.39, 0.29) is 0 Å². The van der Waals surface area contributed by atoms with Gasteiger partial charge in [0.05, 0.1) is 10.4 Å². The second-order valence-electron chi connectivity index (χ2n) is 1.80. The fourth-order valence-electron chi connectivity index (χ4n) is 0.697. The largest absolute Gasteiger partial charge is 0.343 e. The van der Waals surface area contributed by atoms with E-state index in [1.54, 1.807) is 0 Å². The van der Waals surface area contributed by atoms with Crippen LogP contribution >= 0.6 is 0 Å². The van der Waals surface area contributed by atoms with Crippen molar-refractivity contribution in [2.45, 2.75) is 32.7 Å². The van der Waals surface area contributed by atoms with Gasteiger partial charge in [-0.15, -0.1) is 0 Å². The maximum Gasteiger partial charge on any atom is 0.0752 e. The molecule has 0 aliphatic heterocycles. The molecule has 0 unspecified atom stereocenters. The fourth-order valence-corrected chi connectivity index (χ4v) is 1.51. The summed E-state index contributed by atoms with van der Waals surface area (Å²) in [5.41, 5.74) is 0. The lowest BCUT2D eigenvalue weighted by molar-refractivity contribution is 0.585. The summed E-state index contributed by atoms with van der Waals surface area (Å²) in [5, 5.41) is 0. The summed E-state index contributed by atoms with van der Waals surface area (Å²) < 4.78 is 0. The van der Waals surface area contributed by atoms with Gasteiger partial charge in [0.2, 0.25) is 0 Å². The summed E-state index contributed by atoms with van der Waals surface area (Å²) in [6.07, 6.45) is 2.56. The van der Waals surface area contributed by atoms with E-state index in [2.05, 4.69) is 18.8 Å².